The van der Waals surface area contributed by atoms with E-state index >= 15 is 0 Å². The minimum Gasteiger partial charge on any atom is -0.377 e. The van der Waals surface area contributed by atoms with Gasteiger partial charge >= 0.3 is 0 Å². The van der Waals surface area contributed by atoms with Crippen molar-refractivity contribution < 1.29 is 4.79 Å². The first-order chi connectivity index (χ1) is 7.75. The number of thiophene rings is 1. The SMILES string of the molecule is Cc1ccc(C(=O)CNc2ccncc2)s1. The van der Waals surface area contributed by atoms with Gasteiger partial charge in [0.25, 0.3) is 0 Å². The first-order valence-electron chi connectivity index (χ1n) is 4.99. The van der Waals surface area contributed by atoms with E-state index in [1.54, 1.807) is 12.4 Å². The van der Waals surface area contributed by atoms with Crippen LogP contribution in [0.3, 0.4) is 0 Å². The molecule has 0 saturated carbocycles. The molecule has 2 aromatic rings. The number of rotatable bonds is 4. The fourth-order valence-electron chi connectivity index (χ4n) is 1.32. The Kier molecular flexibility index (Phi) is 3.31. The Morgan fingerprint density at radius 3 is 2.69 bits per heavy atom. The monoisotopic (exact) mass is 232 g/mol. The molecule has 2 rings (SSSR count). The van der Waals surface area contributed by atoms with Gasteiger partial charge in [-0.3, -0.25) is 9.78 Å². The van der Waals surface area contributed by atoms with Crippen LogP contribution < -0.4 is 5.32 Å². The summed E-state index contributed by atoms with van der Waals surface area (Å²) in [6, 6.07) is 7.51. The molecule has 0 unspecified atom stereocenters. The topological polar surface area (TPSA) is 42.0 Å². The summed E-state index contributed by atoms with van der Waals surface area (Å²) in [5, 5.41) is 3.07. The van der Waals surface area contributed by atoms with E-state index in [0.717, 1.165) is 15.4 Å². The van der Waals surface area contributed by atoms with Crippen molar-refractivity contribution in [1.29, 1.82) is 0 Å². The third-order valence-electron chi connectivity index (χ3n) is 2.15. The molecule has 4 heteroatoms. The molecule has 1 N–H and O–H groups in total. The van der Waals surface area contributed by atoms with Gasteiger partial charge in [0.1, 0.15) is 0 Å². The largest absolute Gasteiger partial charge is 0.377 e. The number of nitrogens with one attached hydrogen (secondary N) is 1. The molecule has 0 radical (unpaired) electrons. The van der Waals surface area contributed by atoms with Gasteiger partial charge in [0.15, 0.2) is 5.78 Å². The number of ketones is 1. The fraction of sp³-hybridized carbons (Fsp3) is 0.167. The summed E-state index contributed by atoms with van der Waals surface area (Å²) in [6.45, 7) is 2.32. The molecule has 16 heavy (non-hydrogen) atoms. The molecule has 0 amide bonds. The molecule has 0 aromatic carbocycles. The number of carbonyl (C=O) groups excluding carboxylic acids is 1. The maximum Gasteiger partial charge on any atom is 0.191 e. The van der Waals surface area contributed by atoms with Crippen LogP contribution in [-0.2, 0) is 0 Å². The highest BCUT2D eigenvalue weighted by molar-refractivity contribution is 7.14. The van der Waals surface area contributed by atoms with Crippen LogP contribution in [0.25, 0.3) is 0 Å². The lowest BCUT2D eigenvalue weighted by Gasteiger charge is -2.03. The van der Waals surface area contributed by atoms with Gasteiger partial charge in [-0.1, -0.05) is 0 Å². The molecule has 0 aliphatic carbocycles. The second kappa shape index (κ2) is 4.90. The summed E-state index contributed by atoms with van der Waals surface area (Å²) in [4.78, 5) is 17.6. The highest BCUT2D eigenvalue weighted by Crippen LogP contribution is 2.15. The van der Waals surface area contributed by atoms with Crippen molar-refractivity contribution in [2.45, 2.75) is 6.92 Å². The summed E-state index contributed by atoms with van der Waals surface area (Å²) in [5.74, 6) is 0.120. The van der Waals surface area contributed by atoms with E-state index in [1.165, 1.54) is 11.3 Å². The van der Waals surface area contributed by atoms with E-state index < -0.39 is 0 Å². The number of nitrogens with zero attached hydrogens (tertiary/aromatic N) is 1. The smallest absolute Gasteiger partial charge is 0.191 e. The highest BCUT2D eigenvalue weighted by atomic mass is 32.1. The zero-order valence-electron chi connectivity index (χ0n) is 8.93. The standard InChI is InChI=1S/C12H12N2OS/c1-9-2-3-12(16-9)11(15)8-14-10-4-6-13-7-5-10/h2-7H,8H2,1H3,(H,13,14). The zero-order valence-corrected chi connectivity index (χ0v) is 9.75. The van der Waals surface area contributed by atoms with Crippen LogP contribution in [0.4, 0.5) is 5.69 Å². The molecule has 0 spiro atoms. The Bertz CT molecular complexity index is 479. The van der Waals surface area contributed by atoms with Gasteiger partial charge in [0, 0.05) is 23.0 Å². The lowest BCUT2D eigenvalue weighted by atomic mass is 10.3. The van der Waals surface area contributed by atoms with Crippen molar-refractivity contribution in [3.05, 3.63) is 46.4 Å². The predicted octanol–water partition coefficient (Wildman–Crippen LogP) is 2.75. The van der Waals surface area contributed by atoms with Gasteiger partial charge in [-0.2, -0.15) is 0 Å². The van der Waals surface area contributed by atoms with Crippen LogP contribution in [0, 0.1) is 6.92 Å². The Morgan fingerprint density at radius 1 is 1.31 bits per heavy atom. The predicted molar refractivity (Wildman–Crippen MR) is 66.1 cm³/mol. The van der Waals surface area contributed by atoms with Crippen molar-refractivity contribution in [3.8, 4) is 0 Å². The minimum absolute atomic E-state index is 0.120. The third kappa shape index (κ3) is 2.67. The molecule has 0 aliphatic heterocycles. The van der Waals surface area contributed by atoms with Crippen LogP contribution in [0.1, 0.15) is 14.5 Å². The summed E-state index contributed by atoms with van der Waals surface area (Å²) in [6.07, 6.45) is 3.39. The van der Waals surface area contributed by atoms with E-state index in [9.17, 15) is 4.79 Å². The maximum atomic E-state index is 11.8. The Morgan fingerprint density at radius 2 is 2.06 bits per heavy atom. The lowest BCUT2D eigenvalue weighted by Crippen LogP contribution is -2.12. The Labute approximate surface area is 98.2 Å². The van der Waals surface area contributed by atoms with Crippen molar-refractivity contribution in [1.82, 2.24) is 4.98 Å². The summed E-state index contributed by atoms with van der Waals surface area (Å²) in [7, 11) is 0. The first-order valence-corrected chi connectivity index (χ1v) is 5.81. The Balaban J connectivity index is 1.94. The van der Waals surface area contributed by atoms with Crippen molar-refractivity contribution in [3.63, 3.8) is 0 Å². The molecule has 0 bridgehead atoms. The van der Waals surface area contributed by atoms with Crippen LogP contribution >= 0.6 is 11.3 Å². The minimum atomic E-state index is 0.120. The Hall–Kier alpha value is -1.68. The van der Waals surface area contributed by atoms with Gasteiger partial charge < -0.3 is 5.32 Å². The van der Waals surface area contributed by atoms with Crippen molar-refractivity contribution in [2.24, 2.45) is 0 Å². The van der Waals surface area contributed by atoms with E-state index in [-0.39, 0.29) is 5.78 Å². The van der Waals surface area contributed by atoms with E-state index in [0.29, 0.717) is 6.54 Å². The van der Waals surface area contributed by atoms with Crippen LogP contribution in [0.5, 0.6) is 0 Å². The van der Waals surface area contributed by atoms with Crippen LogP contribution in [-0.4, -0.2) is 17.3 Å². The molecule has 0 fully saturated rings. The van der Waals surface area contributed by atoms with Gasteiger partial charge in [-0.25, -0.2) is 0 Å². The second-order valence-electron chi connectivity index (χ2n) is 3.42. The molecule has 3 nitrogen and oxygen atoms in total. The van der Waals surface area contributed by atoms with Gasteiger partial charge in [0.2, 0.25) is 0 Å². The molecule has 2 heterocycles. The average molecular weight is 232 g/mol. The average Bonchev–Trinajstić information content (AvgIpc) is 2.74. The quantitative estimate of drug-likeness (QED) is 0.824. The third-order valence-corrected chi connectivity index (χ3v) is 3.19. The van der Waals surface area contributed by atoms with Crippen molar-refractivity contribution in [2.75, 3.05) is 11.9 Å². The molecule has 0 aliphatic rings. The number of anilines is 1. The normalized spacial score (nSPS) is 10.1. The number of Topliss-reactive ketones (excluding diaryl/α,β-unsaturated/α-hetero) is 1. The van der Waals surface area contributed by atoms with Gasteiger partial charge in [0.05, 0.1) is 11.4 Å². The van der Waals surface area contributed by atoms with E-state index in [1.807, 2.05) is 31.2 Å². The number of aryl methyl sites for hydroxylation is 1. The molecule has 0 atom stereocenters. The van der Waals surface area contributed by atoms with E-state index in [2.05, 4.69) is 10.3 Å². The lowest BCUT2D eigenvalue weighted by molar-refractivity contribution is 0.101. The summed E-state index contributed by atoms with van der Waals surface area (Å²) < 4.78 is 0. The zero-order chi connectivity index (χ0) is 11.4. The molecule has 2 aromatic heterocycles. The van der Waals surface area contributed by atoms with Crippen molar-refractivity contribution >= 4 is 22.8 Å². The number of hydrogen-bond donors (Lipinski definition) is 1. The van der Waals surface area contributed by atoms with Crippen LogP contribution in [0.2, 0.25) is 0 Å². The van der Waals surface area contributed by atoms with Gasteiger partial charge in [-0.05, 0) is 31.2 Å². The molecular formula is C12H12N2OS. The summed E-state index contributed by atoms with van der Waals surface area (Å²) >= 11 is 1.53. The number of hydrogen-bond acceptors (Lipinski definition) is 4. The van der Waals surface area contributed by atoms with Crippen LogP contribution in [0.15, 0.2) is 36.7 Å². The van der Waals surface area contributed by atoms with Gasteiger partial charge in [-0.15, -0.1) is 11.3 Å². The summed E-state index contributed by atoms with van der Waals surface area (Å²) in [5.41, 5.74) is 0.914. The molecular weight excluding hydrogens is 220 g/mol. The number of pyridine rings is 1. The molecule has 82 valence electrons. The fourth-order valence-corrected chi connectivity index (χ4v) is 2.13. The molecule has 0 saturated heterocycles. The number of aromatic nitrogens is 1. The second-order valence-corrected chi connectivity index (χ2v) is 4.71. The highest BCUT2D eigenvalue weighted by Gasteiger charge is 2.07. The number of carbonyl (C=O) groups is 1. The first kappa shape index (κ1) is 10.8. The van der Waals surface area contributed by atoms with E-state index in [4.69, 9.17) is 0 Å². The maximum absolute atomic E-state index is 11.8.